The van der Waals surface area contributed by atoms with E-state index in [2.05, 4.69) is 17.2 Å². The van der Waals surface area contributed by atoms with Gasteiger partial charge in [0.05, 0.1) is 18.5 Å². The van der Waals surface area contributed by atoms with Crippen LogP contribution in [-0.4, -0.2) is 66.1 Å². The van der Waals surface area contributed by atoms with Gasteiger partial charge in [0.15, 0.2) is 0 Å². The number of pyridine rings is 1. The van der Waals surface area contributed by atoms with E-state index in [9.17, 15) is 9.59 Å². The number of amides is 2. The Bertz CT molecular complexity index is 583. The van der Waals surface area contributed by atoms with Gasteiger partial charge in [0.1, 0.15) is 5.69 Å². The van der Waals surface area contributed by atoms with E-state index in [1.54, 1.807) is 22.1 Å². The largest absolute Gasteiger partial charge is 0.450 e. The number of nitrogens with one attached hydrogen (secondary N) is 1. The number of hydrogen-bond acceptors (Lipinski definition) is 5. The molecule has 2 amide bonds. The Balaban J connectivity index is 1.82. The third-order valence-corrected chi connectivity index (χ3v) is 4.57. The molecule has 1 aromatic rings. The maximum absolute atomic E-state index is 12.3. The van der Waals surface area contributed by atoms with Gasteiger partial charge in [-0.2, -0.15) is 0 Å². The van der Waals surface area contributed by atoms with Crippen LogP contribution in [0.15, 0.2) is 18.3 Å². The number of carbonyl (C=O) groups excluding carboxylic acids is 2. The maximum atomic E-state index is 12.3. The lowest BCUT2D eigenvalue weighted by atomic mass is 10.1. The molecular weight excluding hydrogens is 332 g/mol. The Morgan fingerprint density at radius 1 is 1.31 bits per heavy atom. The summed E-state index contributed by atoms with van der Waals surface area (Å²) in [5.41, 5.74) is 1.36. The van der Waals surface area contributed by atoms with Crippen LogP contribution < -0.4 is 5.32 Å². The average molecular weight is 362 g/mol. The van der Waals surface area contributed by atoms with Crippen molar-refractivity contribution in [3.63, 3.8) is 0 Å². The summed E-state index contributed by atoms with van der Waals surface area (Å²) in [4.78, 5) is 31.8. The van der Waals surface area contributed by atoms with Crippen LogP contribution in [0.1, 0.15) is 50.0 Å². The lowest BCUT2D eigenvalue weighted by molar-refractivity contribution is 0.0787. The fraction of sp³-hybridized carbons (Fsp3) is 0.632. The van der Waals surface area contributed by atoms with Crippen molar-refractivity contribution in [3.05, 3.63) is 24.0 Å². The molecule has 1 aliphatic heterocycles. The number of hydrogen-bond donors (Lipinski definition) is 1. The lowest BCUT2D eigenvalue weighted by Gasteiger charge is -2.32. The molecule has 0 bridgehead atoms. The first kappa shape index (κ1) is 20.0. The number of aromatic nitrogens is 1. The summed E-state index contributed by atoms with van der Waals surface area (Å²) in [6, 6.07) is 3.95. The highest BCUT2D eigenvalue weighted by atomic mass is 16.6. The van der Waals surface area contributed by atoms with Crippen molar-refractivity contribution in [2.75, 3.05) is 38.6 Å². The van der Waals surface area contributed by atoms with Crippen LogP contribution in [0.4, 0.5) is 10.5 Å². The van der Waals surface area contributed by atoms with E-state index >= 15 is 0 Å². The minimum Gasteiger partial charge on any atom is -0.450 e. The summed E-state index contributed by atoms with van der Waals surface area (Å²) in [6.07, 6.45) is 5.24. The quantitative estimate of drug-likeness (QED) is 0.807. The summed E-state index contributed by atoms with van der Waals surface area (Å²) in [5.74, 6) is -0.0484. The second-order valence-electron chi connectivity index (χ2n) is 6.62. The lowest BCUT2D eigenvalue weighted by Crippen LogP contribution is -2.42. The van der Waals surface area contributed by atoms with E-state index < -0.39 is 0 Å². The predicted molar refractivity (Wildman–Crippen MR) is 101 cm³/mol. The number of carbonyl (C=O) groups is 2. The van der Waals surface area contributed by atoms with Gasteiger partial charge in [0, 0.05) is 32.7 Å². The van der Waals surface area contributed by atoms with Crippen molar-refractivity contribution in [1.29, 1.82) is 0 Å². The fourth-order valence-corrected chi connectivity index (χ4v) is 2.95. The molecule has 0 atom stereocenters. The van der Waals surface area contributed by atoms with Crippen LogP contribution in [-0.2, 0) is 4.74 Å². The molecule has 1 fully saturated rings. The van der Waals surface area contributed by atoms with Gasteiger partial charge in [-0.05, 0) is 38.3 Å². The minimum absolute atomic E-state index is 0.0484. The van der Waals surface area contributed by atoms with Crippen molar-refractivity contribution in [2.24, 2.45) is 0 Å². The SMILES string of the molecule is CCCCN(C)C(=O)c1ccc(NC2CCN(C(=O)OCC)CC2)cn1. The van der Waals surface area contributed by atoms with Crippen LogP contribution in [0.5, 0.6) is 0 Å². The molecule has 2 rings (SSSR count). The monoisotopic (exact) mass is 362 g/mol. The van der Waals surface area contributed by atoms with Gasteiger partial charge < -0.3 is 19.9 Å². The van der Waals surface area contributed by atoms with Gasteiger partial charge in [-0.1, -0.05) is 13.3 Å². The highest BCUT2D eigenvalue weighted by molar-refractivity contribution is 5.92. The summed E-state index contributed by atoms with van der Waals surface area (Å²) < 4.78 is 5.03. The van der Waals surface area contributed by atoms with E-state index in [4.69, 9.17) is 4.74 Å². The second kappa shape index (κ2) is 9.99. The highest BCUT2D eigenvalue weighted by Gasteiger charge is 2.23. The van der Waals surface area contributed by atoms with Crippen molar-refractivity contribution >= 4 is 17.7 Å². The van der Waals surface area contributed by atoms with Crippen LogP contribution in [0, 0.1) is 0 Å². The summed E-state index contributed by atoms with van der Waals surface area (Å²) >= 11 is 0. The molecule has 7 heteroatoms. The molecule has 0 radical (unpaired) electrons. The van der Waals surface area contributed by atoms with Crippen LogP contribution in [0.2, 0.25) is 0 Å². The molecule has 0 aromatic carbocycles. The van der Waals surface area contributed by atoms with Crippen LogP contribution in [0.3, 0.4) is 0 Å². The van der Waals surface area contributed by atoms with Gasteiger partial charge in [-0.25, -0.2) is 9.78 Å². The van der Waals surface area contributed by atoms with Crippen LogP contribution >= 0.6 is 0 Å². The molecule has 1 aliphatic rings. The van der Waals surface area contributed by atoms with Gasteiger partial charge in [-0.3, -0.25) is 4.79 Å². The Labute approximate surface area is 155 Å². The molecular formula is C19H30N4O3. The first-order valence-corrected chi connectivity index (χ1v) is 9.44. The van der Waals surface area contributed by atoms with Gasteiger partial charge in [-0.15, -0.1) is 0 Å². The molecule has 1 aromatic heterocycles. The summed E-state index contributed by atoms with van der Waals surface area (Å²) in [7, 11) is 1.81. The first-order valence-electron chi connectivity index (χ1n) is 9.44. The number of likely N-dealkylation sites (tertiary alicyclic amines) is 1. The van der Waals surface area contributed by atoms with E-state index in [1.807, 2.05) is 20.0 Å². The fourth-order valence-electron chi connectivity index (χ4n) is 2.95. The number of ether oxygens (including phenoxy) is 1. The number of unbranched alkanes of at least 4 members (excludes halogenated alkanes) is 1. The smallest absolute Gasteiger partial charge is 0.409 e. The molecule has 0 saturated carbocycles. The van der Waals surface area contributed by atoms with E-state index in [0.717, 1.165) is 37.9 Å². The number of piperidine rings is 1. The van der Waals surface area contributed by atoms with Crippen LogP contribution in [0.25, 0.3) is 0 Å². The third kappa shape index (κ3) is 5.61. The van der Waals surface area contributed by atoms with Gasteiger partial charge in [0.25, 0.3) is 5.91 Å². The molecule has 0 aliphatic carbocycles. The zero-order chi connectivity index (χ0) is 18.9. The Hall–Kier alpha value is -2.31. The topological polar surface area (TPSA) is 74.8 Å². The number of rotatable bonds is 7. The number of nitrogens with zero attached hydrogens (tertiary/aromatic N) is 3. The minimum atomic E-state index is -0.234. The normalized spacial score (nSPS) is 14.8. The maximum Gasteiger partial charge on any atom is 0.409 e. The Kier molecular flexibility index (Phi) is 7.69. The highest BCUT2D eigenvalue weighted by Crippen LogP contribution is 2.17. The van der Waals surface area contributed by atoms with E-state index in [-0.39, 0.29) is 18.0 Å². The van der Waals surface area contributed by atoms with Crippen molar-refractivity contribution in [1.82, 2.24) is 14.8 Å². The standard InChI is InChI=1S/C19H30N4O3/c1-4-6-11-22(3)18(24)17-8-7-16(14-20-17)21-15-9-12-23(13-10-15)19(25)26-5-2/h7-8,14-15,21H,4-6,9-13H2,1-3H3. The Morgan fingerprint density at radius 2 is 2.04 bits per heavy atom. The molecule has 2 heterocycles. The number of anilines is 1. The zero-order valence-electron chi connectivity index (χ0n) is 16.0. The molecule has 0 spiro atoms. The Morgan fingerprint density at radius 3 is 2.62 bits per heavy atom. The molecule has 0 unspecified atom stereocenters. The predicted octanol–water partition coefficient (Wildman–Crippen LogP) is 2.99. The molecule has 7 nitrogen and oxygen atoms in total. The third-order valence-electron chi connectivity index (χ3n) is 4.57. The molecule has 144 valence electrons. The summed E-state index contributed by atoms with van der Waals surface area (Å²) in [5, 5.41) is 3.44. The van der Waals surface area contributed by atoms with Crippen molar-refractivity contribution in [2.45, 2.75) is 45.6 Å². The van der Waals surface area contributed by atoms with Crippen molar-refractivity contribution in [3.8, 4) is 0 Å². The summed E-state index contributed by atoms with van der Waals surface area (Å²) in [6.45, 7) is 6.44. The van der Waals surface area contributed by atoms with Gasteiger partial charge >= 0.3 is 6.09 Å². The van der Waals surface area contributed by atoms with E-state index in [1.165, 1.54) is 0 Å². The molecule has 1 saturated heterocycles. The van der Waals surface area contributed by atoms with E-state index in [0.29, 0.717) is 25.4 Å². The molecule has 26 heavy (non-hydrogen) atoms. The first-order chi connectivity index (χ1) is 12.5. The van der Waals surface area contributed by atoms with Crippen molar-refractivity contribution < 1.29 is 14.3 Å². The second-order valence-corrected chi connectivity index (χ2v) is 6.62. The zero-order valence-corrected chi connectivity index (χ0v) is 16.0. The average Bonchev–Trinajstić information content (AvgIpc) is 2.67. The molecule has 1 N–H and O–H groups in total. The van der Waals surface area contributed by atoms with Gasteiger partial charge in [0.2, 0.25) is 0 Å².